The molecule has 4 nitrogen and oxygen atoms in total. The highest BCUT2D eigenvalue weighted by Crippen LogP contribution is 2.40. The van der Waals surface area contributed by atoms with Gasteiger partial charge in [0.15, 0.2) is 12.1 Å². The van der Waals surface area contributed by atoms with Crippen LogP contribution in [0.5, 0.6) is 0 Å². The Morgan fingerprint density at radius 3 is 2.69 bits per heavy atom. The molecule has 0 spiro atoms. The lowest BCUT2D eigenvalue weighted by molar-refractivity contribution is -0.212. The molecule has 5 atom stereocenters. The molecule has 0 radical (unpaired) electrons. The number of ether oxygens (including phenoxy) is 3. The van der Waals surface area contributed by atoms with Crippen LogP contribution >= 0.6 is 0 Å². The van der Waals surface area contributed by atoms with E-state index < -0.39 is 24.8 Å². The van der Waals surface area contributed by atoms with Crippen LogP contribution in [0, 0.1) is 5.92 Å². The molecule has 2 aliphatic heterocycles. The predicted molar refractivity (Wildman–Crippen MR) is 44.9 cm³/mol. The van der Waals surface area contributed by atoms with Gasteiger partial charge in [-0.2, -0.15) is 0 Å². The summed E-state index contributed by atoms with van der Waals surface area (Å²) in [6.07, 6.45) is -1.12. The minimum absolute atomic E-state index is 0.0192. The molecule has 4 heteroatoms. The third-order valence-corrected chi connectivity index (χ3v) is 2.56. The van der Waals surface area contributed by atoms with Crippen molar-refractivity contribution in [2.75, 3.05) is 6.58 Å². The van der Waals surface area contributed by atoms with Crippen molar-refractivity contribution in [1.82, 2.24) is 0 Å². The van der Waals surface area contributed by atoms with Gasteiger partial charge in [0, 0.05) is 5.92 Å². The van der Waals surface area contributed by atoms with Crippen molar-refractivity contribution in [3.8, 4) is 0 Å². The van der Waals surface area contributed by atoms with Gasteiger partial charge in [0.2, 0.25) is 0 Å². The fraction of sp³-hybridized carbons (Fsp3) is 1.00. The van der Waals surface area contributed by atoms with E-state index in [1.807, 2.05) is 20.8 Å². The SMILES string of the molecule is [2H][C@@H](O)[C@H]1O[C@@H]2OC(C)(C)O[C@H]2C1C. The van der Waals surface area contributed by atoms with Crippen LogP contribution in [-0.4, -0.2) is 36.0 Å². The second-order valence-electron chi connectivity index (χ2n) is 4.08. The van der Waals surface area contributed by atoms with Gasteiger partial charge in [-0.05, 0) is 13.8 Å². The van der Waals surface area contributed by atoms with Crippen LogP contribution in [0.1, 0.15) is 22.1 Å². The molecule has 0 aromatic rings. The Balaban J connectivity index is 2.08. The monoisotopic (exact) mass is 189 g/mol. The standard InChI is InChI=1S/C9H16O4/c1-5-6(4-10)11-8-7(5)12-9(2,3)13-8/h5-8,10H,4H2,1-3H3/t5?,6-,7+,8-/m1/s1/i4D/t4-,5?,6-,7+,8-. The first-order chi connectivity index (χ1) is 6.41. The number of hydrogen-bond donors (Lipinski definition) is 1. The van der Waals surface area contributed by atoms with E-state index in [0.29, 0.717) is 0 Å². The van der Waals surface area contributed by atoms with Crippen LogP contribution in [0.15, 0.2) is 0 Å². The maximum atomic E-state index is 9.14. The third-order valence-electron chi connectivity index (χ3n) is 2.56. The van der Waals surface area contributed by atoms with Crippen LogP contribution in [-0.2, 0) is 14.2 Å². The fourth-order valence-electron chi connectivity index (χ4n) is 1.85. The van der Waals surface area contributed by atoms with Crippen LogP contribution in [0.2, 0.25) is 0 Å². The molecule has 0 aliphatic carbocycles. The van der Waals surface area contributed by atoms with Gasteiger partial charge in [-0.15, -0.1) is 0 Å². The summed E-state index contributed by atoms with van der Waals surface area (Å²) in [5.41, 5.74) is 0. The molecule has 0 aromatic heterocycles. The Morgan fingerprint density at radius 2 is 2.15 bits per heavy atom. The number of hydrogen-bond acceptors (Lipinski definition) is 4. The van der Waals surface area contributed by atoms with E-state index in [2.05, 4.69) is 0 Å². The first kappa shape index (κ1) is 8.17. The number of aliphatic hydroxyl groups excluding tert-OH is 1. The first-order valence-corrected chi connectivity index (χ1v) is 4.52. The first-order valence-electron chi connectivity index (χ1n) is 5.10. The number of aliphatic hydroxyl groups is 1. The number of fused-ring (bicyclic) bond motifs is 1. The summed E-state index contributed by atoms with van der Waals surface area (Å²) in [6.45, 7) is 4.32. The van der Waals surface area contributed by atoms with E-state index in [4.69, 9.17) is 20.7 Å². The summed E-state index contributed by atoms with van der Waals surface area (Å²) in [6, 6.07) is 0. The summed E-state index contributed by atoms with van der Waals surface area (Å²) in [5.74, 6) is -0.643. The lowest BCUT2D eigenvalue weighted by Crippen LogP contribution is -2.30. The van der Waals surface area contributed by atoms with Gasteiger partial charge >= 0.3 is 0 Å². The van der Waals surface area contributed by atoms with Crippen LogP contribution in [0.3, 0.4) is 0 Å². The van der Waals surface area contributed by atoms with Crippen molar-refractivity contribution in [1.29, 1.82) is 0 Å². The average molecular weight is 189 g/mol. The molecule has 2 fully saturated rings. The van der Waals surface area contributed by atoms with Crippen molar-refractivity contribution < 1.29 is 20.7 Å². The zero-order valence-electron chi connectivity index (χ0n) is 9.06. The van der Waals surface area contributed by atoms with Crippen LogP contribution in [0.25, 0.3) is 0 Å². The van der Waals surface area contributed by atoms with E-state index >= 15 is 0 Å². The molecule has 2 saturated heterocycles. The highest BCUT2D eigenvalue weighted by atomic mass is 16.8. The van der Waals surface area contributed by atoms with Gasteiger partial charge in [-0.25, -0.2) is 0 Å². The molecule has 76 valence electrons. The second kappa shape index (κ2) is 2.92. The molecule has 0 amide bonds. The minimum atomic E-state index is -1.23. The smallest absolute Gasteiger partial charge is 0.187 e. The van der Waals surface area contributed by atoms with E-state index in [1.54, 1.807) is 0 Å². The summed E-state index contributed by atoms with van der Waals surface area (Å²) in [4.78, 5) is 0. The molecule has 13 heavy (non-hydrogen) atoms. The predicted octanol–water partition coefficient (Wildman–Crippen LogP) is 0.491. The molecule has 0 aromatic carbocycles. The fourth-order valence-corrected chi connectivity index (χ4v) is 1.85. The largest absolute Gasteiger partial charge is 0.394 e. The molecule has 2 heterocycles. The lowest BCUT2D eigenvalue weighted by atomic mass is 10.0. The van der Waals surface area contributed by atoms with Crippen LogP contribution in [0.4, 0.5) is 0 Å². The molecular formula is C9H16O4. The van der Waals surface area contributed by atoms with Gasteiger partial charge in [0.1, 0.15) is 6.10 Å². The van der Waals surface area contributed by atoms with E-state index in [-0.39, 0.29) is 12.0 Å². The van der Waals surface area contributed by atoms with Crippen molar-refractivity contribution in [2.45, 2.75) is 45.1 Å². The Hall–Kier alpha value is -0.160. The highest BCUT2D eigenvalue weighted by molar-refractivity contribution is 4.90. The highest BCUT2D eigenvalue weighted by Gasteiger charge is 2.52. The maximum Gasteiger partial charge on any atom is 0.187 e. The van der Waals surface area contributed by atoms with E-state index in [1.165, 1.54) is 0 Å². The van der Waals surface area contributed by atoms with Crippen LogP contribution < -0.4 is 0 Å². The third kappa shape index (κ3) is 1.48. The summed E-state index contributed by atoms with van der Waals surface area (Å²) < 4.78 is 23.7. The van der Waals surface area contributed by atoms with Crippen molar-refractivity contribution in [3.63, 3.8) is 0 Å². The van der Waals surface area contributed by atoms with Gasteiger partial charge in [0.05, 0.1) is 14.1 Å². The van der Waals surface area contributed by atoms with Gasteiger partial charge in [-0.3, -0.25) is 0 Å². The summed E-state index contributed by atoms with van der Waals surface area (Å²) >= 11 is 0. The van der Waals surface area contributed by atoms with Gasteiger partial charge in [-0.1, -0.05) is 6.92 Å². The molecule has 2 aliphatic rings. The molecular weight excluding hydrogens is 172 g/mol. The Morgan fingerprint density at radius 1 is 1.46 bits per heavy atom. The van der Waals surface area contributed by atoms with Gasteiger partial charge < -0.3 is 19.3 Å². The van der Waals surface area contributed by atoms with Gasteiger partial charge in [0.25, 0.3) is 0 Å². The molecule has 1 unspecified atom stereocenters. The zero-order valence-corrected chi connectivity index (χ0v) is 8.06. The molecule has 0 bridgehead atoms. The topological polar surface area (TPSA) is 47.9 Å². The lowest BCUT2D eigenvalue weighted by Gasteiger charge is -2.22. The Labute approximate surface area is 79.2 Å². The number of rotatable bonds is 1. The summed E-state index contributed by atoms with van der Waals surface area (Å²) in [5, 5.41) is 9.14. The Bertz CT molecular complexity index is 229. The Kier molecular flexibility index (Phi) is 1.83. The quantitative estimate of drug-likeness (QED) is 0.652. The molecule has 0 saturated carbocycles. The van der Waals surface area contributed by atoms with Crippen molar-refractivity contribution in [2.24, 2.45) is 5.92 Å². The normalized spacial score (nSPS) is 51.5. The maximum absolute atomic E-state index is 9.14. The zero-order chi connectivity index (χ0) is 10.5. The average Bonchev–Trinajstić information content (AvgIpc) is 2.46. The van der Waals surface area contributed by atoms with E-state index in [0.717, 1.165) is 0 Å². The van der Waals surface area contributed by atoms with E-state index in [9.17, 15) is 0 Å². The van der Waals surface area contributed by atoms with Crippen molar-refractivity contribution in [3.05, 3.63) is 0 Å². The molecule has 1 N–H and O–H groups in total. The minimum Gasteiger partial charge on any atom is -0.394 e. The second-order valence-corrected chi connectivity index (χ2v) is 4.08. The molecule has 2 rings (SSSR count). The van der Waals surface area contributed by atoms with Crippen molar-refractivity contribution >= 4 is 0 Å². The summed E-state index contributed by atoms with van der Waals surface area (Å²) in [7, 11) is 0.